The summed E-state index contributed by atoms with van der Waals surface area (Å²) in [5.74, 6) is -0.320. The molecule has 0 unspecified atom stereocenters. The maximum atomic E-state index is 13.7. The fourth-order valence-corrected chi connectivity index (χ4v) is 1.69. The van der Waals surface area contributed by atoms with Gasteiger partial charge in [-0.15, -0.1) is 0 Å². The van der Waals surface area contributed by atoms with Crippen LogP contribution in [0, 0.1) is 11.6 Å². The van der Waals surface area contributed by atoms with Crippen LogP contribution >= 0.6 is 0 Å². The van der Waals surface area contributed by atoms with Gasteiger partial charge in [-0.05, 0) is 25.0 Å². The molecule has 0 aliphatic heterocycles. The first kappa shape index (κ1) is 10.3. The van der Waals surface area contributed by atoms with E-state index >= 15 is 0 Å². The minimum Gasteiger partial charge on any atom is -0.440 e. The highest BCUT2D eigenvalue weighted by Gasteiger charge is 2.29. The Morgan fingerprint density at radius 1 is 1.29 bits per heavy atom. The molecule has 2 N–H and O–H groups in total. The topological polar surface area (TPSA) is 52.0 Å². The van der Waals surface area contributed by atoms with Gasteiger partial charge in [-0.2, -0.15) is 0 Å². The van der Waals surface area contributed by atoms with Crippen molar-refractivity contribution in [2.24, 2.45) is 0 Å². The highest BCUT2D eigenvalue weighted by molar-refractivity contribution is 5.64. The summed E-state index contributed by atoms with van der Waals surface area (Å²) in [7, 11) is 0. The highest BCUT2D eigenvalue weighted by Crippen LogP contribution is 2.41. The van der Waals surface area contributed by atoms with E-state index in [0.29, 0.717) is 11.8 Å². The number of rotatable bonds is 2. The lowest BCUT2D eigenvalue weighted by Crippen LogP contribution is -1.97. The molecule has 0 spiro atoms. The van der Waals surface area contributed by atoms with E-state index in [1.807, 2.05) is 0 Å². The Morgan fingerprint density at radius 3 is 2.76 bits per heavy atom. The third-order valence-corrected chi connectivity index (χ3v) is 2.84. The predicted molar refractivity (Wildman–Crippen MR) is 58.2 cm³/mol. The summed E-state index contributed by atoms with van der Waals surface area (Å²) in [6.45, 7) is 0. The average Bonchev–Trinajstić information content (AvgIpc) is 3.06. The molecule has 88 valence electrons. The summed E-state index contributed by atoms with van der Waals surface area (Å²) in [5.41, 5.74) is 4.94. The van der Waals surface area contributed by atoms with Crippen molar-refractivity contribution in [2.45, 2.75) is 18.8 Å². The fraction of sp³-hybridized carbons (Fsp3) is 0.250. The summed E-state index contributed by atoms with van der Waals surface area (Å²) in [6.07, 6.45) is 3.55. The second kappa shape index (κ2) is 3.55. The van der Waals surface area contributed by atoms with Gasteiger partial charge in [0, 0.05) is 5.92 Å². The molecule has 0 amide bonds. The summed E-state index contributed by atoms with van der Waals surface area (Å²) in [6, 6.07) is 2.42. The molecule has 5 heteroatoms. The Hall–Kier alpha value is -1.91. The highest BCUT2D eigenvalue weighted by atomic mass is 19.1. The molecule has 17 heavy (non-hydrogen) atoms. The molecule has 1 aliphatic carbocycles. The van der Waals surface area contributed by atoms with Gasteiger partial charge in [0.2, 0.25) is 0 Å². The molecule has 1 heterocycles. The monoisotopic (exact) mass is 236 g/mol. The number of aromatic nitrogens is 1. The SMILES string of the molecule is Nc1c(F)ccc(-c2cnc(C3CC3)o2)c1F. The molecule has 0 radical (unpaired) electrons. The predicted octanol–water partition coefficient (Wildman–Crippen LogP) is 3.08. The minimum absolute atomic E-state index is 0.142. The number of nitrogens with zero attached hydrogens (tertiary/aromatic N) is 1. The largest absolute Gasteiger partial charge is 0.440 e. The second-order valence-corrected chi connectivity index (χ2v) is 4.16. The third-order valence-electron chi connectivity index (χ3n) is 2.84. The molecule has 1 saturated carbocycles. The number of nitrogen functional groups attached to an aromatic ring is 1. The van der Waals surface area contributed by atoms with Gasteiger partial charge in [-0.25, -0.2) is 13.8 Å². The standard InChI is InChI=1S/C12H10F2N2O/c13-8-4-3-7(10(14)11(8)15)9-5-16-12(17-9)6-1-2-6/h3-6H,1-2,15H2. The zero-order valence-corrected chi connectivity index (χ0v) is 8.91. The van der Waals surface area contributed by atoms with Crippen LogP contribution in [0.3, 0.4) is 0 Å². The van der Waals surface area contributed by atoms with Gasteiger partial charge in [0.15, 0.2) is 17.5 Å². The van der Waals surface area contributed by atoms with Crippen LogP contribution in [-0.2, 0) is 0 Å². The lowest BCUT2D eigenvalue weighted by molar-refractivity contribution is 0.504. The van der Waals surface area contributed by atoms with Crippen molar-refractivity contribution < 1.29 is 13.2 Å². The molecule has 3 nitrogen and oxygen atoms in total. The quantitative estimate of drug-likeness (QED) is 0.815. The van der Waals surface area contributed by atoms with Gasteiger partial charge in [0.1, 0.15) is 11.5 Å². The molecule has 2 aromatic rings. The second-order valence-electron chi connectivity index (χ2n) is 4.16. The minimum atomic E-state index is -0.802. The Bertz CT molecular complexity index is 576. The van der Waals surface area contributed by atoms with E-state index in [4.69, 9.17) is 10.2 Å². The van der Waals surface area contributed by atoms with Crippen molar-refractivity contribution in [1.29, 1.82) is 0 Å². The summed E-state index contributed by atoms with van der Waals surface area (Å²) < 4.78 is 32.2. The number of hydrogen-bond donors (Lipinski definition) is 1. The molecule has 1 aromatic carbocycles. The number of anilines is 1. The van der Waals surface area contributed by atoms with Crippen molar-refractivity contribution in [3.8, 4) is 11.3 Å². The lowest BCUT2D eigenvalue weighted by atomic mass is 10.1. The fourth-order valence-electron chi connectivity index (χ4n) is 1.69. The van der Waals surface area contributed by atoms with Crippen LogP contribution in [0.2, 0.25) is 0 Å². The van der Waals surface area contributed by atoms with Crippen LogP contribution in [0.25, 0.3) is 11.3 Å². The van der Waals surface area contributed by atoms with Gasteiger partial charge in [0.05, 0.1) is 11.8 Å². The van der Waals surface area contributed by atoms with E-state index in [-0.39, 0.29) is 11.3 Å². The molecule has 0 bridgehead atoms. The maximum Gasteiger partial charge on any atom is 0.198 e. The van der Waals surface area contributed by atoms with E-state index in [0.717, 1.165) is 18.9 Å². The van der Waals surface area contributed by atoms with Crippen LogP contribution in [0.4, 0.5) is 14.5 Å². The summed E-state index contributed by atoms with van der Waals surface area (Å²) >= 11 is 0. The number of benzene rings is 1. The van der Waals surface area contributed by atoms with Gasteiger partial charge < -0.3 is 10.2 Å². The number of hydrogen-bond acceptors (Lipinski definition) is 3. The summed E-state index contributed by atoms with van der Waals surface area (Å²) in [4.78, 5) is 4.08. The average molecular weight is 236 g/mol. The van der Waals surface area contributed by atoms with E-state index < -0.39 is 17.3 Å². The number of nitrogens with two attached hydrogens (primary N) is 1. The van der Waals surface area contributed by atoms with Gasteiger partial charge >= 0.3 is 0 Å². The van der Waals surface area contributed by atoms with E-state index in [9.17, 15) is 8.78 Å². The Labute approximate surface area is 96.3 Å². The first-order valence-corrected chi connectivity index (χ1v) is 5.36. The van der Waals surface area contributed by atoms with E-state index in [1.165, 1.54) is 12.3 Å². The van der Waals surface area contributed by atoms with Crippen LogP contribution < -0.4 is 5.73 Å². The zero-order chi connectivity index (χ0) is 12.0. The molecule has 1 fully saturated rings. The zero-order valence-electron chi connectivity index (χ0n) is 8.91. The van der Waals surface area contributed by atoms with Crippen molar-refractivity contribution in [3.05, 3.63) is 35.9 Å². The Kier molecular flexibility index (Phi) is 2.14. The molecule has 0 saturated heterocycles. The first-order valence-electron chi connectivity index (χ1n) is 5.36. The van der Waals surface area contributed by atoms with Crippen molar-refractivity contribution >= 4 is 5.69 Å². The van der Waals surface area contributed by atoms with Crippen LogP contribution in [-0.4, -0.2) is 4.98 Å². The number of halogens is 2. The van der Waals surface area contributed by atoms with E-state index in [2.05, 4.69) is 4.98 Å². The van der Waals surface area contributed by atoms with E-state index in [1.54, 1.807) is 0 Å². The third kappa shape index (κ3) is 1.67. The molecule has 0 atom stereocenters. The van der Waals surface area contributed by atoms with Gasteiger partial charge in [-0.1, -0.05) is 0 Å². The summed E-state index contributed by atoms with van der Waals surface area (Å²) in [5, 5.41) is 0. The van der Waals surface area contributed by atoms with Crippen molar-refractivity contribution in [2.75, 3.05) is 5.73 Å². The van der Waals surface area contributed by atoms with Crippen LogP contribution in [0.15, 0.2) is 22.7 Å². The Balaban J connectivity index is 2.05. The number of oxazole rings is 1. The lowest BCUT2D eigenvalue weighted by Gasteiger charge is -2.03. The van der Waals surface area contributed by atoms with Gasteiger partial charge in [-0.3, -0.25) is 0 Å². The first-order chi connectivity index (χ1) is 8.16. The molecule has 3 rings (SSSR count). The Morgan fingerprint density at radius 2 is 2.06 bits per heavy atom. The van der Waals surface area contributed by atoms with Crippen molar-refractivity contribution in [3.63, 3.8) is 0 Å². The smallest absolute Gasteiger partial charge is 0.198 e. The molecule has 1 aromatic heterocycles. The molecule has 1 aliphatic rings. The maximum absolute atomic E-state index is 13.7. The van der Waals surface area contributed by atoms with Crippen LogP contribution in [0.5, 0.6) is 0 Å². The van der Waals surface area contributed by atoms with Gasteiger partial charge in [0.25, 0.3) is 0 Å². The molecular weight excluding hydrogens is 226 g/mol. The van der Waals surface area contributed by atoms with Crippen LogP contribution in [0.1, 0.15) is 24.7 Å². The van der Waals surface area contributed by atoms with Crippen molar-refractivity contribution in [1.82, 2.24) is 4.98 Å². The molecular formula is C12H10F2N2O. The normalized spacial score (nSPS) is 15.2.